The van der Waals surface area contributed by atoms with Crippen LogP contribution in [0.2, 0.25) is 0 Å². The van der Waals surface area contributed by atoms with Gasteiger partial charge in [0.15, 0.2) is 0 Å². The first-order valence-corrected chi connectivity index (χ1v) is 8.89. The molecule has 0 aliphatic carbocycles. The van der Waals surface area contributed by atoms with Gasteiger partial charge in [-0.25, -0.2) is 9.97 Å². The van der Waals surface area contributed by atoms with E-state index in [2.05, 4.69) is 53.1 Å². The Hall–Kier alpha value is -2.27. The Kier molecular flexibility index (Phi) is 5.13. The van der Waals surface area contributed by atoms with Crippen molar-refractivity contribution in [2.45, 2.75) is 45.7 Å². The van der Waals surface area contributed by atoms with E-state index in [0.29, 0.717) is 6.04 Å². The van der Waals surface area contributed by atoms with Crippen LogP contribution in [-0.2, 0) is 0 Å². The van der Waals surface area contributed by atoms with Gasteiger partial charge in [-0.2, -0.15) is 0 Å². The summed E-state index contributed by atoms with van der Waals surface area (Å²) in [6.07, 6.45) is 6.55. The lowest BCUT2D eigenvalue weighted by atomic mass is 10.1. The summed E-state index contributed by atoms with van der Waals surface area (Å²) < 4.78 is 0. The number of anilines is 1. The van der Waals surface area contributed by atoms with E-state index in [1.54, 1.807) is 12.4 Å². The van der Waals surface area contributed by atoms with E-state index >= 15 is 0 Å². The second-order valence-electron chi connectivity index (χ2n) is 7.53. The number of pyridine rings is 2. The number of aliphatic imine (C=N–C) groups is 1. The van der Waals surface area contributed by atoms with Crippen molar-refractivity contribution >= 4 is 23.1 Å². The molecule has 1 saturated heterocycles. The molecule has 1 unspecified atom stereocenters. The Balaban J connectivity index is 1.75. The van der Waals surface area contributed by atoms with Gasteiger partial charge in [0.1, 0.15) is 5.82 Å². The summed E-state index contributed by atoms with van der Waals surface area (Å²) in [5.41, 5.74) is 2.81. The number of aromatic nitrogens is 2. The highest BCUT2D eigenvalue weighted by molar-refractivity contribution is 5.84. The molecule has 1 fully saturated rings. The van der Waals surface area contributed by atoms with Crippen LogP contribution in [0.1, 0.15) is 39.8 Å². The van der Waals surface area contributed by atoms with Crippen molar-refractivity contribution in [2.24, 2.45) is 4.99 Å². The van der Waals surface area contributed by atoms with Crippen molar-refractivity contribution in [3.05, 3.63) is 42.2 Å². The Bertz CT molecular complexity index is 788. The molecular formula is C20H27N5. The fraction of sp³-hybridized carbons (Fsp3) is 0.450. The van der Waals surface area contributed by atoms with Crippen LogP contribution in [0.4, 0.5) is 5.82 Å². The molecule has 0 bridgehead atoms. The summed E-state index contributed by atoms with van der Waals surface area (Å²) in [5, 5.41) is 3.68. The summed E-state index contributed by atoms with van der Waals surface area (Å²) in [7, 11) is 0. The topological polar surface area (TPSA) is 53.4 Å². The Labute approximate surface area is 149 Å². The minimum atomic E-state index is 0.145. The fourth-order valence-corrected chi connectivity index (χ4v) is 3.17. The normalized spacial score (nSPS) is 18.9. The van der Waals surface area contributed by atoms with E-state index < -0.39 is 0 Å². The average Bonchev–Trinajstić information content (AvgIpc) is 3.01. The maximum atomic E-state index is 4.80. The largest absolute Gasteiger partial charge is 0.355 e. The lowest BCUT2D eigenvalue weighted by molar-refractivity contribution is 0.373. The molecule has 0 aromatic carbocycles. The lowest BCUT2D eigenvalue weighted by Crippen LogP contribution is -2.44. The minimum Gasteiger partial charge on any atom is -0.355 e. The number of allylic oxidation sites excluding steroid dienone is 1. The first-order valence-electron chi connectivity index (χ1n) is 8.89. The highest BCUT2D eigenvalue weighted by Crippen LogP contribution is 2.22. The minimum absolute atomic E-state index is 0.145. The van der Waals surface area contributed by atoms with E-state index in [9.17, 15) is 0 Å². The van der Waals surface area contributed by atoms with Gasteiger partial charge in [-0.3, -0.25) is 4.99 Å². The molecule has 2 aromatic rings. The van der Waals surface area contributed by atoms with Crippen molar-refractivity contribution in [1.82, 2.24) is 15.3 Å². The van der Waals surface area contributed by atoms with Gasteiger partial charge in [-0.1, -0.05) is 6.08 Å². The second-order valence-corrected chi connectivity index (χ2v) is 7.53. The van der Waals surface area contributed by atoms with Crippen LogP contribution in [-0.4, -0.2) is 40.9 Å². The maximum absolute atomic E-state index is 4.80. The highest BCUT2D eigenvalue weighted by Gasteiger charge is 2.26. The van der Waals surface area contributed by atoms with Gasteiger partial charge in [-0.15, -0.1) is 0 Å². The van der Waals surface area contributed by atoms with Crippen LogP contribution >= 0.6 is 0 Å². The zero-order valence-corrected chi connectivity index (χ0v) is 15.5. The zero-order chi connectivity index (χ0) is 17.9. The predicted molar refractivity (Wildman–Crippen MR) is 105 cm³/mol. The maximum Gasteiger partial charge on any atom is 0.129 e. The quantitative estimate of drug-likeness (QED) is 0.867. The smallest absolute Gasteiger partial charge is 0.129 e. The van der Waals surface area contributed by atoms with E-state index in [1.807, 2.05) is 25.1 Å². The van der Waals surface area contributed by atoms with Crippen molar-refractivity contribution in [3.63, 3.8) is 0 Å². The van der Waals surface area contributed by atoms with Crippen LogP contribution < -0.4 is 10.2 Å². The average molecular weight is 337 g/mol. The van der Waals surface area contributed by atoms with Crippen molar-refractivity contribution in [3.8, 4) is 0 Å². The predicted octanol–water partition coefficient (Wildman–Crippen LogP) is 3.55. The molecule has 0 spiro atoms. The third kappa shape index (κ3) is 4.63. The summed E-state index contributed by atoms with van der Waals surface area (Å²) in [6.45, 7) is 10.6. The van der Waals surface area contributed by atoms with Crippen molar-refractivity contribution in [2.75, 3.05) is 18.0 Å². The number of nitrogens with zero attached hydrogens (tertiary/aromatic N) is 4. The van der Waals surface area contributed by atoms with Crippen molar-refractivity contribution < 1.29 is 0 Å². The number of hydrogen-bond acceptors (Lipinski definition) is 5. The van der Waals surface area contributed by atoms with Gasteiger partial charge >= 0.3 is 0 Å². The molecule has 0 radical (unpaired) electrons. The lowest BCUT2D eigenvalue weighted by Gasteiger charge is -2.26. The van der Waals surface area contributed by atoms with E-state index in [0.717, 1.165) is 42.1 Å². The molecule has 0 amide bonds. The van der Waals surface area contributed by atoms with Gasteiger partial charge in [0.2, 0.25) is 0 Å². The molecule has 5 nitrogen and oxygen atoms in total. The van der Waals surface area contributed by atoms with Gasteiger partial charge < -0.3 is 10.2 Å². The molecule has 1 aliphatic heterocycles. The Morgan fingerprint density at radius 1 is 1.16 bits per heavy atom. The standard InChI is InChI=1S/C20H27N5/c1-5-11-21-13-15-6-7-18-17(22-15)8-9-19(23-18)25-12-10-16(14-25)24-20(2,3)4/h5-9,11,13,16,24H,10,12,14H2,1-4H3/b11-5+,21-13?. The van der Waals surface area contributed by atoms with E-state index in [1.165, 1.54) is 0 Å². The Morgan fingerprint density at radius 3 is 2.68 bits per heavy atom. The molecule has 3 heterocycles. The molecule has 2 aromatic heterocycles. The van der Waals surface area contributed by atoms with Crippen LogP contribution in [0.25, 0.3) is 11.0 Å². The molecule has 3 rings (SSSR count). The molecule has 1 aliphatic rings. The fourth-order valence-electron chi connectivity index (χ4n) is 3.17. The van der Waals surface area contributed by atoms with E-state index in [-0.39, 0.29) is 5.54 Å². The number of rotatable bonds is 4. The highest BCUT2D eigenvalue weighted by atomic mass is 15.2. The molecule has 1 N–H and O–H groups in total. The second kappa shape index (κ2) is 7.31. The van der Waals surface area contributed by atoms with Crippen LogP contribution in [0.15, 0.2) is 41.5 Å². The first-order chi connectivity index (χ1) is 11.9. The SMILES string of the molecule is C/C=C/N=Cc1ccc2nc(N3CCC(NC(C)(C)C)C3)ccc2n1. The van der Waals surface area contributed by atoms with Crippen LogP contribution in [0.5, 0.6) is 0 Å². The van der Waals surface area contributed by atoms with Crippen LogP contribution in [0, 0.1) is 0 Å². The van der Waals surface area contributed by atoms with E-state index in [4.69, 9.17) is 4.98 Å². The molecule has 132 valence electrons. The molecule has 5 heteroatoms. The third-order valence-electron chi connectivity index (χ3n) is 4.14. The van der Waals surface area contributed by atoms with Gasteiger partial charge in [-0.05, 0) is 58.4 Å². The van der Waals surface area contributed by atoms with Gasteiger partial charge in [0, 0.05) is 30.9 Å². The molecular weight excluding hydrogens is 310 g/mol. The van der Waals surface area contributed by atoms with Gasteiger partial charge in [0.25, 0.3) is 0 Å². The zero-order valence-electron chi connectivity index (χ0n) is 15.5. The Morgan fingerprint density at radius 2 is 1.92 bits per heavy atom. The summed E-state index contributed by atoms with van der Waals surface area (Å²) in [6, 6.07) is 8.61. The monoisotopic (exact) mass is 337 g/mol. The number of nitrogens with one attached hydrogen (secondary N) is 1. The van der Waals surface area contributed by atoms with Crippen LogP contribution in [0.3, 0.4) is 0 Å². The summed E-state index contributed by atoms with van der Waals surface area (Å²) in [4.78, 5) is 15.9. The summed E-state index contributed by atoms with van der Waals surface area (Å²) in [5.74, 6) is 1.03. The number of hydrogen-bond donors (Lipinski definition) is 1. The molecule has 1 atom stereocenters. The molecule has 25 heavy (non-hydrogen) atoms. The van der Waals surface area contributed by atoms with Crippen molar-refractivity contribution in [1.29, 1.82) is 0 Å². The summed E-state index contributed by atoms with van der Waals surface area (Å²) >= 11 is 0. The third-order valence-corrected chi connectivity index (χ3v) is 4.14. The van der Waals surface area contributed by atoms with Gasteiger partial charge in [0.05, 0.1) is 22.9 Å². The molecule has 0 saturated carbocycles. The number of fused-ring (bicyclic) bond motifs is 1. The first kappa shape index (κ1) is 17.5.